The topological polar surface area (TPSA) is 145 Å². The number of hydrogen-bond acceptors (Lipinski definition) is 8. The monoisotopic (exact) mass is 465 g/mol. The first kappa shape index (κ1) is 25.2. The molecule has 0 aromatic heterocycles. The first-order valence-electron chi connectivity index (χ1n) is 10.0. The minimum atomic E-state index is -3.90. The van der Waals surface area contributed by atoms with Gasteiger partial charge in [0.05, 0.1) is 16.6 Å². The summed E-state index contributed by atoms with van der Waals surface area (Å²) in [5.74, 6) is -3.29. The number of rotatable bonds is 9. The molecule has 0 aliphatic carbocycles. The van der Waals surface area contributed by atoms with Crippen molar-refractivity contribution >= 4 is 27.5 Å². The summed E-state index contributed by atoms with van der Waals surface area (Å²) < 4.78 is 32.1. The van der Waals surface area contributed by atoms with Crippen molar-refractivity contribution in [3.63, 3.8) is 0 Å². The number of non-ortho nitro benzene ring substituents is 1. The Kier molecular flexibility index (Phi) is 7.92. The number of ether oxygens (including phenoxy) is 1. The normalized spacial score (nSPS) is 16.8. The molecule has 2 N–H and O–H groups in total. The van der Waals surface area contributed by atoms with Crippen LogP contribution in [0.3, 0.4) is 0 Å². The summed E-state index contributed by atoms with van der Waals surface area (Å²) in [5, 5.41) is 14.3. The van der Waals surface area contributed by atoms with E-state index in [0.29, 0.717) is 17.0 Å². The molecule has 1 aromatic carbocycles. The zero-order valence-corrected chi connectivity index (χ0v) is 19.4. The second kappa shape index (κ2) is 10.0. The van der Waals surface area contributed by atoms with Crippen LogP contribution in [0.1, 0.15) is 46.1 Å². The van der Waals surface area contributed by atoms with Crippen LogP contribution in [-0.2, 0) is 24.3 Å². The van der Waals surface area contributed by atoms with E-state index in [4.69, 9.17) is 4.74 Å². The third-order valence-electron chi connectivity index (χ3n) is 4.72. The van der Waals surface area contributed by atoms with Crippen molar-refractivity contribution < 1.29 is 27.7 Å². The summed E-state index contributed by atoms with van der Waals surface area (Å²) in [5.41, 5.74) is 0.981. The molecule has 1 atom stereocenters. The number of nitrogens with zero attached hydrogens (tertiary/aromatic N) is 1. The number of ketones is 1. The van der Waals surface area contributed by atoms with Crippen LogP contribution in [-0.4, -0.2) is 43.5 Å². The maximum atomic E-state index is 13.2. The van der Waals surface area contributed by atoms with E-state index in [1.54, 1.807) is 40.7 Å². The molecule has 11 heteroatoms. The molecular formula is C21H27N3O7S. The number of nitro groups is 1. The van der Waals surface area contributed by atoms with Gasteiger partial charge in [0.15, 0.2) is 5.78 Å². The molecule has 0 saturated heterocycles. The van der Waals surface area contributed by atoms with Gasteiger partial charge in [-0.2, -0.15) is 0 Å². The SMILES string of the molecule is CCNS(=O)(=O)CC(=O)C1=C(C)NC(C)=C(C(=O)OC(C)C)C1c1cccc([N+](=O)[O-])c1. The molecule has 2 rings (SSSR count). The van der Waals surface area contributed by atoms with E-state index in [0.717, 1.165) is 0 Å². The molecule has 1 heterocycles. The third kappa shape index (κ3) is 5.80. The zero-order chi connectivity index (χ0) is 24.2. The van der Waals surface area contributed by atoms with Crippen LogP contribution in [0.2, 0.25) is 0 Å². The Morgan fingerprint density at radius 1 is 1.22 bits per heavy atom. The minimum Gasteiger partial charge on any atom is -0.460 e. The number of Topliss-reactive ketones (excluding diaryl/α,β-unsaturated/α-hetero) is 1. The Bertz CT molecular complexity index is 1100. The summed E-state index contributed by atoms with van der Waals surface area (Å²) in [6, 6.07) is 5.56. The predicted octanol–water partition coefficient (Wildman–Crippen LogP) is 2.29. The van der Waals surface area contributed by atoms with Crippen molar-refractivity contribution in [2.24, 2.45) is 0 Å². The highest BCUT2D eigenvalue weighted by Crippen LogP contribution is 2.40. The van der Waals surface area contributed by atoms with E-state index in [2.05, 4.69) is 10.0 Å². The Balaban J connectivity index is 2.68. The average molecular weight is 466 g/mol. The molecule has 1 aromatic rings. The maximum Gasteiger partial charge on any atom is 0.337 e. The minimum absolute atomic E-state index is 0.0354. The van der Waals surface area contributed by atoms with Gasteiger partial charge in [0.1, 0.15) is 5.75 Å². The quantitative estimate of drug-likeness (QED) is 0.321. The molecule has 0 bridgehead atoms. The van der Waals surface area contributed by atoms with E-state index in [9.17, 15) is 28.1 Å². The molecule has 0 radical (unpaired) electrons. The van der Waals surface area contributed by atoms with Crippen molar-refractivity contribution in [1.29, 1.82) is 0 Å². The number of nitrogens with one attached hydrogen (secondary N) is 2. The summed E-state index contributed by atoms with van der Waals surface area (Å²) in [6.07, 6.45) is -0.450. The first-order chi connectivity index (χ1) is 14.9. The Labute approximate surface area is 186 Å². The second-order valence-electron chi connectivity index (χ2n) is 7.62. The number of sulfonamides is 1. The molecule has 0 amide bonds. The van der Waals surface area contributed by atoms with Gasteiger partial charge in [-0.15, -0.1) is 0 Å². The lowest BCUT2D eigenvalue weighted by molar-refractivity contribution is -0.384. The van der Waals surface area contributed by atoms with Gasteiger partial charge >= 0.3 is 5.97 Å². The number of esters is 1. The highest BCUT2D eigenvalue weighted by molar-refractivity contribution is 7.90. The lowest BCUT2D eigenvalue weighted by Gasteiger charge is -2.31. The van der Waals surface area contributed by atoms with Gasteiger partial charge in [0, 0.05) is 41.6 Å². The Hall–Kier alpha value is -3.05. The van der Waals surface area contributed by atoms with Gasteiger partial charge in [-0.05, 0) is 33.3 Å². The Morgan fingerprint density at radius 3 is 2.41 bits per heavy atom. The van der Waals surface area contributed by atoms with Crippen LogP contribution in [0.15, 0.2) is 46.8 Å². The van der Waals surface area contributed by atoms with Crippen LogP contribution < -0.4 is 10.0 Å². The average Bonchev–Trinajstić information content (AvgIpc) is 2.66. The molecule has 0 spiro atoms. The van der Waals surface area contributed by atoms with Crippen molar-refractivity contribution in [2.45, 2.75) is 46.6 Å². The lowest BCUT2D eigenvalue weighted by Crippen LogP contribution is -2.36. The largest absolute Gasteiger partial charge is 0.460 e. The van der Waals surface area contributed by atoms with Gasteiger partial charge in [-0.3, -0.25) is 14.9 Å². The molecular weight excluding hydrogens is 438 g/mol. The summed E-state index contributed by atoms with van der Waals surface area (Å²) >= 11 is 0. The van der Waals surface area contributed by atoms with Crippen molar-refractivity contribution in [1.82, 2.24) is 10.0 Å². The van der Waals surface area contributed by atoms with Crippen LogP contribution in [0.4, 0.5) is 5.69 Å². The number of carbonyl (C=O) groups is 2. The summed E-state index contributed by atoms with van der Waals surface area (Å²) in [4.78, 5) is 36.9. The third-order valence-corrected chi connectivity index (χ3v) is 6.09. The van der Waals surface area contributed by atoms with E-state index in [1.807, 2.05) is 0 Å². The van der Waals surface area contributed by atoms with Gasteiger partial charge in [0.25, 0.3) is 5.69 Å². The van der Waals surface area contributed by atoms with Crippen molar-refractivity contribution in [3.8, 4) is 0 Å². The van der Waals surface area contributed by atoms with E-state index in [1.165, 1.54) is 18.2 Å². The molecule has 1 aliphatic rings. The number of benzene rings is 1. The zero-order valence-electron chi connectivity index (χ0n) is 18.6. The van der Waals surface area contributed by atoms with Gasteiger partial charge in [0.2, 0.25) is 10.0 Å². The molecule has 1 unspecified atom stereocenters. The number of carbonyl (C=O) groups excluding carboxylic acids is 2. The predicted molar refractivity (Wildman–Crippen MR) is 118 cm³/mol. The second-order valence-corrected chi connectivity index (χ2v) is 9.43. The fraction of sp³-hybridized carbons (Fsp3) is 0.429. The molecule has 1 aliphatic heterocycles. The summed E-state index contributed by atoms with van der Waals surface area (Å²) in [6.45, 7) is 8.26. The van der Waals surface area contributed by atoms with Crippen LogP contribution in [0.5, 0.6) is 0 Å². The van der Waals surface area contributed by atoms with E-state index >= 15 is 0 Å². The smallest absolute Gasteiger partial charge is 0.337 e. The van der Waals surface area contributed by atoms with Crippen LogP contribution in [0, 0.1) is 10.1 Å². The molecule has 32 heavy (non-hydrogen) atoms. The molecule has 0 saturated carbocycles. The summed E-state index contributed by atoms with van der Waals surface area (Å²) in [7, 11) is -3.90. The highest BCUT2D eigenvalue weighted by Gasteiger charge is 2.38. The lowest BCUT2D eigenvalue weighted by atomic mass is 9.79. The molecule has 0 fully saturated rings. The van der Waals surface area contributed by atoms with Crippen LogP contribution in [0.25, 0.3) is 0 Å². The maximum absolute atomic E-state index is 13.2. The standard InChI is InChI=1S/C21H27N3O7S/c1-6-22-32(29,30)11-17(25)18-13(4)23-14(5)19(21(26)31-12(2)3)20(18)15-8-7-9-16(10-15)24(27)28/h7-10,12,20,22-23H,6,11H2,1-5H3. The van der Waals surface area contributed by atoms with Gasteiger partial charge < -0.3 is 10.1 Å². The van der Waals surface area contributed by atoms with Crippen molar-refractivity contribution in [3.05, 3.63) is 62.5 Å². The number of hydrogen-bond donors (Lipinski definition) is 2. The molecule has 10 nitrogen and oxygen atoms in total. The molecule has 174 valence electrons. The van der Waals surface area contributed by atoms with E-state index in [-0.39, 0.29) is 23.4 Å². The number of nitro benzene ring substituents is 1. The van der Waals surface area contributed by atoms with Crippen molar-refractivity contribution in [2.75, 3.05) is 12.3 Å². The van der Waals surface area contributed by atoms with E-state index < -0.39 is 44.5 Å². The number of dihydropyridines is 1. The van der Waals surface area contributed by atoms with Crippen LogP contribution >= 0.6 is 0 Å². The number of allylic oxidation sites excluding steroid dienone is 3. The van der Waals surface area contributed by atoms with Gasteiger partial charge in [-0.1, -0.05) is 19.1 Å². The Morgan fingerprint density at radius 2 is 1.84 bits per heavy atom. The fourth-order valence-electron chi connectivity index (χ4n) is 3.58. The first-order valence-corrected chi connectivity index (χ1v) is 11.7. The highest BCUT2D eigenvalue weighted by atomic mass is 32.2. The fourth-order valence-corrected chi connectivity index (χ4v) is 4.63. The van der Waals surface area contributed by atoms with Gasteiger partial charge in [-0.25, -0.2) is 17.9 Å².